The number of fused-ring (bicyclic) bond motifs is 1. The standard InChI is InChI=1S/C24H24N2O5/c1-29-17-10-11-21(30-2)19(14-17)20-9-5-13-26(20)22(27)15-31-24(28)18-8-3-6-16-7-4-12-25-23(16)18/h3-4,6-8,10-12,14,20H,5,9,13,15H2,1-2H3/t20-/m1/s1. The maximum absolute atomic E-state index is 12.9. The number of ether oxygens (including phenoxy) is 3. The number of likely N-dealkylation sites (tertiary alicyclic amines) is 1. The molecule has 4 rings (SSSR count). The predicted octanol–water partition coefficient (Wildman–Crippen LogP) is 3.77. The molecular formula is C24H24N2O5. The number of esters is 1. The van der Waals surface area contributed by atoms with Crippen molar-refractivity contribution < 1.29 is 23.8 Å². The molecule has 0 spiro atoms. The third-order valence-electron chi connectivity index (χ3n) is 5.55. The molecule has 1 amide bonds. The van der Waals surface area contributed by atoms with E-state index in [-0.39, 0.29) is 18.6 Å². The Morgan fingerprint density at radius 3 is 2.74 bits per heavy atom. The van der Waals surface area contributed by atoms with Gasteiger partial charge < -0.3 is 19.1 Å². The molecule has 2 heterocycles. The summed E-state index contributed by atoms with van der Waals surface area (Å²) in [7, 11) is 3.21. The summed E-state index contributed by atoms with van der Waals surface area (Å²) >= 11 is 0. The Balaban J connectivity index is 1.49. The summed E-state index contributed by atoms with van der Waals surface area (Å²) in [4.78, 5) is 31.6. The third-order valence-corrected chi connectivity index (χ3v) is 5.55. The van der Waals surface area contributed by atoms with E-state index in [0.29, 0.717) is 29.1 Å². The van der Waals surface area contributed by atoms with Crippen LogP contribution in [0.4, 0.5) is 0 Å². The first kappa shape index (κ1) is 20.7. The molecule has 0 saturated carbocycles. The van der Waals surface area contributed by atoms with E-state index in [1.54, 1.807) is 43.5 Å². The molecule has 2 aromatic carbocycles. The molecule has 1 aromatic heterocycles. The van der Waals surface area contributed by atoms with Crippen molar-refractivity contribution in [1.82, 2.24) is 9.88 Å². The van der Waals surface area contributed by atoms with E-state index in [2.05, 4.69) is 4.98 Å². The number of rotatable bonds is 6. The monoisotopic (exact) mass is 420 g/mol. The van der Waals surface area contributed by atoms with Gasteiger partial charge in [0, 0.05) is 23.7 Å². The lowest BCUT2D eigenvalue weighted by atomic mass is 10.0. The molecule has 1 aliphatic heterocycles. The first-order valence-electron chi connectivity index (χ1n) is 10.1. The fourth-order valence-electron chi connectivity index (χ4n) is 4.05. The van der Waals surface area contributed by atoms with E-state index in [1.807, 2.05) is 30.3 Å². The summed E-state index contributed by atoms with van der Waals surface area (Å²) in [6.45, 7) is 0.266. The van der Waals surface area contributed by atoms with Crippen LogP contribution in [0, 0.1) is 0 Å². The third kappa shape index (κ3) is 4.17. The van der Waals surface area contributed by atoms with E-state index >= 15 is 0 Å². The highest BCUT2D eigenvalue weighted by Crippen LogP contribution is 2.39. The minimum absolute atomic E-state index is 0.157. The summed E-state index contributed by atoms with van der Waals surface area (Å²) in [5, 5.41) is 0.841. The van der Waals surface area contributed by atoms with Crippen LogP contribution in [0.3, 0.4) is 0 Å². The number of benzene rings is 2. The molecule has 1 aliphatic rings. The van der Waals surface area contributed by atoms with Crippen molar-refractivity contribution >= 4 is 22.8 Å². The van der Waals surface area contributed by atoms with E-state index in [9.17, 15) is 9.59 Å². The van der Waals surface area contributed by atoms with Gasteiger partial charge in [0.1, 0.15) is 11.5 Å². The molecule has 0 radical (unpaired) electrons. The molecule has 1 atom stereocenters. The van der Waals surface area contributed by atoms with Gasteiger partial charge in [-0.1, -0.05) is 18.2 Å². The highest BCUT2D eigenvalue weighted by Gasteiger charge is 2.32. The van der Waals surface area contributed by atoms with Crippen molar-refractivity contribution in [1.29, 1.82) is 0 Å². The van der Waals surface area contributed by atoms with Crippen LogP contribution in [-0.4, -0.2) is 49.1 Å². The zero-order valence-corrected chi connectivity index (χ0v) is 17.5. The lowest BCUT2D eigenvalue weighted by Gasteiger charge is -2.26. The molecule has 1 fully saturated rings. The van der Waals surface area contributed by atoms with Crippen LogP contribution in [0.15, 0.2) is 54.7 Å². The Hall–Kier alpha value is -3.61. The second kappa shape index (κ2) is 9.04. The molecule has 3 aromatic rings. The van der Waals surface area contributed by atoms with Gasteiger partial charge in [-0.3, -0.25) is 9.78 Å². The van der Waals surface area contributed by atoms with E-state index in [4.69, 9.17) is 14.2 Å². The maximum atomic E-state index is 12.9. The number of carbonyl (C=O) groups is 2. The summed E-state index contributed by atoms with van der Waals surface area (Å²) in [6, 6.07) is 14.4. The van der Waals surface area contributed by atoms with Crippen molar-refractivity contribution in [3.8, 4) is 11.5 Å². The number of pyridine rings is 1. The van der Waals surface area contributed by atoms with Crippen LogP contribution in [0.1, 0.15) is 34.8 Å². The van der Waals surface area contributed by atoms with Gasteiger partial charge in [-0.2, -0.15) is 0 Å². The smallest absolute Gasteiger partial charge is 0.340 e. The largest absolute Gasteiger partial charge is 0.497 e. The van der Waals surface area contributed by atoms with Crippen molar-refractivity contribution in [2.75, 3.05) is 27.4 Å². The average molecular weight is 420 g/mol. The summed E-state index contributed by atoms with van der Waals surface area (Å²) < 4.78 is 16.2. The minimum Gasteiger partial charge on any atom is -0.497 e. The van der Waals surface area contributed by atoms with Crippen LogP contribution in [0.5, 0.6) is 11.5 Å². The summed E-state index contributed by atoms with van der Waals surface area (Å²) in [6.07, 6.45) is 3.29. The quantitative estimate of drug-likeness (QED) is 0.565. The molecule has 0 N–H and O–H groups in total. The molecule has 0 unspecified atom stereocenters. The van der Waals surface area contributed by atoms with Gasteiger partial charge in [-0.25, -0.2) is 4.79 Å². The van der Waals surface area contributed by atoms with Gasteiger partial charge in [0.15, 0.2) is 6.61 Å². The Morgan fingerprint density at radius 1 is 1.10 bits per heavy atom. The zero-order valence-electron chi connectivity index (χ0n) is 17.5. The normalized spacial score (nSPS) is 15.7. The number of hydrogen-bond donors (Lipinski definition) is 0. The van der Waals surface area contributed by atoms with Crippen LogP contribution >= 0.6 is 0 Å². The molecule has 160 valence electrons. The molecule has 7 heteroatoms. The molecule has 7 nitrogen and oxygen atoms in total. The van der Waals surface area contributed by atoms with Gasteiger partial charge in [-0.05, 0) is 43.2 Å². The number of methoxy groups -OCH3 is 2. The summed E-state index contributed by atoms with van der Waals surface area (Å²) in [5.74, 6) is 0.593. The summed E-state index contributed by atoms with van der Waals surface area (Å²) in [5.41, 5.74) is 1.79. The highest BCUT2D eigenvalue weighted by atomic mass is 16.5. The number of aromatic nitrogens is 1. The maximum Gasteiger partial charge on any atom is 0.340 e. The topological polar surface area (TPSA) is 78.0 Å². The van der Waals surface area contributed by atoms with Crippen molar-refractivity contribution in [3.05, 3.63) is 65.9 Å². The second-order valence-corrected chi connectivity index (χ2v) is 7.31. The van der Waals surface area contributed by atoms with Crippen LogP contribution < -0.4 is 9.47 Å². The zero-order chi connectivity index (χ0) is 21.8. The van der Waals surface area contributed by atoms with Gasteiger partial charge in [0.2, 0.25) is 0 Å². The number of carbonyl (C=O) groups excluding carboxylic acids is 2. The number of hydrogen-bond acceptors (Lipinski definition) is 6. The minimum atomic E-state index is -0.563. The Kier molecular flexibility index (Phi) is 6.02. The van der Waals surface area contributed by atoms with Gasteiger partial charge in [0.25, 0.3) is 5.91 Å². The lowest BCUT2D eigenvalue weighted by Crippen LogP contribution is -2.34. The van der Waals surface area contributed by atoms with Crippen molar-refractivity contribution in [2.45, 2.75) is 18.9 Å². The lowest BCUT2D eigenvalue weighted by molar-refractivity contribution is -0.135. The van der Waals surface area contributed by atoms with Crippen LogP contribution in [-0.2, 0) is 9.53 Å². The molecule has 0 aliphatic carbocycles. The average Bonchev–Trinajstić information content (AvgIpc) is 3.31. The first-order valence-corrected chi connectivity index (χ1v) is 10.1. The first-order chi connectivity index (χ1) is 15.1. The number of para-hydroxylation sites is 1. The number of nitrogens with zero attached hydrogens (tertiary/aromatic N) is 2. The Labute approximate surface area is 180 Å². The second-order valence-electron chi connectivity index (χ2n) is 7.31. The molecule has 1 saturated heterocycles. The Morgan fingerprint density at radius 2 is 1.94 bits per heavy atom. The van der Waals surface area contributed by atoms with E-state index in [0.717, 1.165) is 23.8 Å². The fraction of sp³-hybridized carbons (Fsp3) is 0.292. The highest BCUT2D eigenvalue weighted by molar-refractivity contribution is 6.03. The van der Waals surface area contributed by atoms with Crippen molar-refractivity contribution in [3.63, 3.8) is 0 Å². The van der Waals surface area contributed by atoms with Gasteiger partial charge in [0.05, 0.1) is 31.3 Å². The number of amides is 1. The molecule has 0 bridgehead atoms. The molecule has 31 heavy (non-hydrogen) atoms. The predicted molar refractivity (Wildman–Crippen MR) is 115 cm³/mol. The van der Waals surface area contributed by atoms with Gasteiger partial charge in [-0.15, -0.1) is 0 Å². The van der Waals surface area contributed by atoms with Crippen LogP contribution in [0.2, 0.25) is 0 Å². The van der Waals surface area contributed by atoms with Crippen molar-refractivity contribution in [2.24, 2.45) is 0 Å². The Bertz CT molecular complexity index is 1110. The van der Waals surface area contributed by atoms with Crippen LogP contribution in [0.25, 0.3) is 10.9 Å². The van der Waals surface area contributed by atoms with Gasteiger partial charge >= 0.3 is 5.97 Å². The van der Waals surface area contributed by atoms with E-state index in [1.165, 1.54) is 0 Å². The van der Waals surface area contributed by atoms with E-state index < -0.39 is 5.97 Å². The fourth-order valence-corrected chi connectivity index (χ4v) is 4.05. The molecular weight excluding hydrogens is 396 g/mol. The SMILES string of the molecule is COc1ccc(OC)c([C@H]2CCCN2C(=O)COC(=O)c2cccc3cccnc23)c1.